The molecule has 1 heteroatoms. The molecule has 1 unspecified atom stereocenters. The molecular weight excluding hydrogens is 228 g/mol. The van der Waals surface area contributed by atoms with Gasteiger partial charge in [0, 0.05) is 5.02 Å². The zero-order valence-corrected chi connectivity index (χ0v) is 12.1. The average molecular weight is 253 g/mol. The van der Waals surface area contributed by atoms with Crippen molar-refractivity contribution in [2.45, 2.75) is 52.9 Å². The van der Waals surface area contributed by atoms with Crippen LogP contribution in [-0.4, -0.2) is 0 Å². The van der Waals surface area contributed by atoms with Gasteiger partial charge in [0.15, 0.2) is 0 Å². The lowest BCUT2D eigenvalue weighted by Gasteiger charge is -2.12. The van der Waals surface area contributed by atoms with Gasteiger partial charge < -0.3 is 0 Å². The number of halogens is 1. The van der Waals surface area contributed by atoms with Crippen LogP contribution in [0, 0.1) is 11.8 Å². The summed E-state index contributed by atoms with van der Waals surface area (Å²) < 4.78 is 0. The molecular formula is C16H25Cl. The van der Waals surface area contributed by atoms with Crippen LogP contribution in [0.25, 0.3) is 0 Å². The fourth-order valence-electron chi connectivity index (χ4n) is 2.12. The molecule has 0 spiro atoms. The maximum Gasteiger partial charge on any atom is 0.0408 e. The van der Waals surface area contributed by atoms with Crippen molar-refractivity contribution < 1.29 is 0 Å². The van der Waals surface area contributed by atoms with Crippen LogP contribution in [0.3, 0.4) is 0 Å². The molecule has 1 aromatic carbocycles. The van der Waals surface area contributed by atoms with E-state index in [-0.39, 0.29) is 0 Å². The highest BCUT2D eigenvalue weighted by Crippen LogP contribution is 2.19. The molecule has 0 heterocycles. The van der Waals surface area contributed by atoms with Crippen molar-refractivity contribution in [3.63, 3.8) is 0 Å². The summed E-state index contributed by atoms with van der Waals surface area (Å²) in [6.07, 6.45) is 6.52. The van der Waals surface area contributed by atoms with Crippen LogP contribution >= 0.6 is 11.6 Å². The van der Waals surface area contributed by atoms with E-state index in [0.29, 0.717) is 0 Å². The van der Waals surface area contributed by atoms with E-state index in [1.165, 1.54) is 31.2 Å². The van der Waals surface area contributed by atoms with Gasteiger partial charge in [-0.15, -0.1) is 0 Å². The van der Waals surface area contributed by atoms with E-state index < -0.39 is 0 Å². The second-order valence-corrected chi connectivity index (χ2v) is 6.03. The topological polar surface area (TPSA) is 0 Å². The van der Waals surface area contributed by atoms with Crippen LogP contribution in [0.15, 0.2) is 24.3 Å². The van der Waals surface area contributed by atoms with E-state index in [1.54, 1.807) is 0 Å². The Labute approximate surface area is 111 Å². The fourth-order valence-corrected chi connectivity index (χ4v) is 2.34. The molecule has 17 heavy (non-hydrogen) atoms. The van der Waals surface area contributed by atoms with Crippen molar-refractivity contribution >= 4 is 11.6 Å². The largest absolute Gasteiger partial charge is 0.0843 e. The number of hydrogen-bond donors (Lipinski definition) is 0. The summed E-state index contributed by atoms with van der Waals surface area (Å²) in [4.78, 5) is 0. The third-order valence-electron chi connectivity index (χ3n) is 3.29. The monoisotopic (exact) mass is 252 g/mol. The summed E-state index contributed by atoms with van der Waals surface area (Å²) in [6, 6.07) is 8.24. The van der Waals surface area contributed by atoms with Gasteiger partial charge in [-0.3, -0.25) is 0 Å². The Kier molecular flexibility index (Phi) is 6.65. The third kappa shape index (κ3) is 6.73. The quantitative estimate of drug-likeness (QED) is 0.581. The second-order valence-electron chi connectivity index (χ2n) is 5.60. The van der Waals surface area contributed by atoms with E-state index in [2.05, 4.69) is 32.9 Å². The van der Waals surface area contributed by atoms with Crippen LogP contribution in [-0.2, 0) is 6.42 Å². The van der Waals surface area contributed by atoms with Crippen LogP contribution in [0.2, 0.25) is 5.02 Å². The average Bonchev–Trinajstić information content (AvgIpc) is 2.26. The van der Waals surface area contributed by atoms with Gasteiger partial charge in [-0.2, -0.15) is 0 Å². The molecule has 0 amide bonds. The predicted molar refractivity (Wildman–Crippen MR) is 77.6 cm³/mol. The zero-order valence-electron chi connectivity index (χ0n) is 11.4. The fraction of sp³-hybridized carbons (Fsp3) is 0.625. The first-order valence-corrected chi connectivity index (χ1v) is 7.20. The summed E-state index contributed by atoms with van der Waals surface area (Å²) in [5.74, 6) is 1.67. The lowest BCUT2D eigenvalue weighted by Crippen LogP contribution is -1.99. The molecule has 96 valence electrons. The normalized spacial score (nSPS) is 13.0. The van der Waals surface area contributed by atoms with Crippen molar-refractivity contribution in [2.75, 3.05) is 0 Å². The zero-order chi connectivity index (χ0) is 12.7. The van der Waals surface area contributed by atoms with E-state index in [0.717, 1.165) is 23.3 Å². The van der Waals surface area contributed by atoms with Gasteiger partial charge in [0.1, 0.15) is 0 Å². The van der Waals surface area contributed by atoms with Crippen LogP contribution in [0.5, 0.6) is 0 Å². The Hall–Kier alpha value is -0.490. The highest BCUT2D eigenvalue weighted by molar-refractivity contribution is 6.30. The molecule has 0 saturated heterocycles. The number of rotatable bonds is 7. The first-order chi connectivity index (χ1) is 8.08. The molecule has 0 aliphatic carbocycles. The van der Waals surface area contributed by atoms with Crippen molar-refractivity contribution in [1.82, 2.24) is 0 Å². The van der Waals surface area contributed by atoms with Crippen molar-refractivity contribution in [3.05, 3.63) is 34.9 Å². The third-order valence-corrected chi connectivity index (χ3v) is 3.53. The van der Waals surface area contributed by atoms with Gasteiger partial charge in [-0.05, 0) is 42.4 Å². The van der Waals surface area contributed by atoms with Crippen LogP contribution in [0.1, 0.15) is 52.0 Å². The standard InChI is InChI=1S/C16H25Cl/c1-13(2)6-4-7-14(3)10-11-15-8-5-9-16(17)12-15/h5,8-9,12-14H,4,6-7,10-11H2,1-3H3. The molecule has 0 aliphatic heterocycles. The summed E-state index contributed by atoms with van der Waals surface area (Å²) in [6.45, 7) is 6.97. The second kappa shape index (κ2) is 7.76. The summed E-state index contributed by atoms with van der Waals surface area (Å²) in [5, 5.41) is 0.856. The molecule has 0 aliphatic rings. The van der Waals surface area contributed by atoms with Gasteiger partial charge in [0.25, 0.3) is 0 Å². The minimum absolute atomic E-state index is 0.827. The first-order valence-electron chi connectivity index (χ1n) is 6.82. The van der Waals surface area contributed by atoms with Gasteiger partial charge in [0.05, 0.1) is 0 Å². The molecule has 0 aromatic heterocycles. The predicted octanol–water partition coefficient (Wildman–Crippen LogP) is 5.74. The molecule has 1 rings (SSSR count). The lowest BCUT2D eigenvalue weighted by atomic mass is 9.94. The van der Waals surface area contributed by atoms with Crippen LogP contribution in [0.4, 0.5) is 0 Å². The minimum Gasteiger partial charge on any atom is -0.0843 e. The molecule has 0 bridgehead atoms. The number of hydrogen-bond acceptors (Lipinski definition) is 0. The molecule has 0 radical (unpaired) electrons. The van der Waals surface area contributed by atoms with Gasteiger partial charge in [-0.25, -0.2) is 0 Å². The smallest absolute Gasteiger partial charge is 0.0408 e. The Bertz CT molecular complexity index is 317. The van der Waals surface area contributed by atoms with Crippen molar-refractivity contribution in [2.24, 2.45) is 11.8 Å². The minimum atomic E-state index is 0.827. The Balaban J connectivity index is 2.21. The van der Waals surface area contributed by atoms with Gasteiger partial charge >= 0.3 is 0 Å². The lowest BCUT2D eigenvalue weighted by molar-refractivity contribution is 0.437. The molecule has 0 nitrogen and oxygen atoms in total. The number of benzene rings is 1. The Morgan fingerprint density at radius 1 is 1.06 bits per heavy atom. The number of aryl methyl sites for hydroxylation is 1. The summed E-state index contributed by atoms with van der Waals surface area (Å²) in [5.41, 5.74) is 1.37. The first kappa shape index (κ1) is 14.6. The molecule has 1 atom stereocenters. The van der Waals surface area contributed by atoms with Gasteiger partial charge in [-0.1, -0.05) is 63.8 Å². The van der Waals surface area contributed by atoms with E-state index in [9.17, 15) is 0 Å². The summed E-state index contributed by atoms with van der Waals surface area (Å²) in [7, 11) is 0. The maximum absolute atomic E-state index is 5.98. The Morgan fingerprint density at radius 2 is 1.82 bits per heavy atom. The van der Waals surface area contributed by atoms with E-state index >= 15 is 0 Å². The maximum atomic E-state index is 5.98. The van der Waals surface area contributed by atoms with E-state index in [1.807, 2.05) is 12.1 Å². The molecule has 0 fully saturated rings. The highest BCUT2D eigenvalue weighted by Gasteiger charge is 2.04. The SMILES string of the molecule is CC(C)CCCC(C)CCc1cccc(Cl)c1. The van der Waals surface area contributed by atoms with Gasteiger partial charge in [0.2, 0.25) is 0 Å². The van der Waals surface area contributed by atoms with Crippen molar-refractivity contribution in [1.29, 1.82) is 0 Å². The molecule has 1 aromatic rings. The highest BCUT2D eigenvalue weighted by atomic mass is 35.5. The molecule has 0 N–H and O–H groups in total. The van der Waals surface area contributed by atoms with E-state index in [4.69, 9.17) is 11.6 Å². The molecule has 0 saturated carbocycles. The Morgan fingerprint density at radius 3 is 2.47 bits per heavy atom. The summed E-state index contributed by atoms with van der Waals surface area (Å²) >= 11 is 5.98. The van der Waals surface area contributed by atoms with Crippen molar-refractivity contribution in [3.8, 4) is 0 Å². The van der Waals surface area contributed by atoms with Crippen LogP contribution < -0.4 is 0 Å².